The highest BCUT2D eigenvalue weighted by Crippen LogP contribution is 2.35. The molecular formula is C25H28O3S. The van der Waals surface area contributed by atoms with Gasteiger partial charge in [0.1, 0.15) is 12.4 Å². The lowest BCUT2D eigenvalue weighted by Gasteiger charge is -2.26. The van der Waals surface area contributed by atoms with Gasteiger partial charge in [-0.2, -0.15) is 0 Å². The molecule has 0 radical (unpaired) electrons. The molecule has 0 saturated heterocycles. The Morgan fingerprint density at radius 3 is 2.21 bits per heavy atom. The van der Waals surface area contributed by atoms with Crippen LogP contribution in [0.2, 0.25) is 0 Å². The van der Waals surface area contributed by atoms with E-state index in [-0.39, 0.29) is 6.61 Å². The van der Waals surface area contributed by atoms with Crippen LogP contribution in [0.4, 0.5) is 0 Å². The van der Waals surface area contributed by atoms with E-state index in [1.165, 1.54) is 0 Å². The Morgan fingerprint density at radius 1 is 0.828 bits per heavy atom. The molecule has 3 nitrogen and oxygen atoms in total. The Morgan fingerprint density at radius 2 is 1.48 bits per heavy atom. The Balaban J connectivity index is 1.70. The van der Waals surface area contributed by atoms with Crippen molar-refractivity contribution in [3.63, 3.8) is 0 Å². The molecule has 0 amide bonds. The lowest BCUT2D eigenvalue weighted by atomic mass is 9.89. The van der Waals surface area contributed by atoms with Crippen molar-refractivity contribution in [1.82, 2.24) is 0 Å². The summed E-state index contributed by atoms with van der Waals surface area (Å²) in [6.07, 6.45) is 1.39. The summed E-state index contributed by atoms with van der Waals surface area (Å²) in [5.74, 6) is 0.805. The molecule has 0 saturated carbocycles. The standard InChI is InChI=1S/C25H28O3S/c1-3-25(27,4-2)21-10-6-12-23(15-21)29-24-13-7-11-22(16-24)28-18-20-9-5-8-19(14-20)17-26/h5-16,26-27H,3-4,17-18H2,1-2H3. The van der Waals surface area contributed by atoms with Crippen molar-refractivity contribution in [3.05, 3.63) is 89.5 Å². The molecule has 0 bridgehead atoms. The average Bonchev–Trinajstić information content (AvgIpc) is 2.77. The summed E-state index contributed by atoms with van der Waals surface area (Å²) in [7, 11) is 0. The summed E-state index contributed by atoms with van der Waals surface area (Å²) in [4.78, 5) is 2.18. The van der Waals surface area contributed by atoms with Crippen LogP contribution >= 0.6 is 11.8 Å². The Kier molecular flexibility index (Phi) is 7.37. The minimum absolute atomic E-state index is 0.0320. The number of rotatable bonds is 9. The van der Waals surface area contributed by atoms with Crippen LogP contribution in [0.5, 0.6) is 5.75 Å². The van der Waals surface area contributed by atoms with E-state index in [1.807, 2.05) is 68.4 Å². The molecule has 0 unspecified atom stereocenters. The molecule has 2 N–H and O–H groups in total. The fraction of sp³-hybridized carbons (Fsp3) is 0.280. The molecule has 0 fully saturated rings. The van der Waals surface area contributed by atoms with Crippen molar-refractivity contribution in [1.29, 1.82) is 0 Å². The largest absolute Gasteiger partial charge is 0.489 e. The van der Waals surface area contributed by atoms with Crippen LogP contribution in [0.1, 0.15) is 43.4 Å². The molecule has 0 atom stereocenters. The lowest BCUT2D eigenvalue weighted by molar-refractivity contribution is 0.0282. The Bertz CT molecular complexity index is 935. The number of hydrogen-bond donors (Lipinski definition) is 2. The van der Waals surface area contributed by atoms with Gasteiger partial charge >= 0.3 is 0 Å². The SMILES string of the molecule is CCC(O)(CC)c1cccc(Sc2cccc(OCc3cccc(CO)c3)c2)c1. The maximum absolute atomic E-state index is 10.8. The molecule has 0 aliphatic heterocycles. The van der Waals surface area contributed by atoms with Crippen molar-refractivity contribution in [2.24, 2.45) is 0 Å². The summed E-state index contributed by atoms with van der Waals surface area (Å²) in [6.45, 7) is 4.52. The number of benzene rings is 3. The quantitative estimate of drug-likeness (QED) is 0.462. The first-order valence-electron chi connectivity index (χ1n) is 9.98. The molecule has 0 spiro atoms. The van der Waals surface area contributed by atoms with Crippen molar-refractivity contribution < 1.29 is 14.9 Å². The van der Waals surface area contributed by atoms with Gasteiger partial charge in [0, 0.05) is 9.79 Å². The third-order valence-electron chi connectivity index (χ3n) is 5.16. The number of hydrogen-bond acceptors (Lipinski definition) is 4. The van der Waals surface area contributed by atoms with Gasteiger partial charge in [0.25, 0.3) is 0 Å². The monoisotopic (exact) mass is 408 g/mol. The number of aliphatic hydroxyl groups is 2. The highest BCUT2D eigenvalue weighted by atomic mass is 32.2. The van der Waals surface area contributed by atoms with Crippen LogP contribution in [0, 0.1) is 0 Å². The zero-order chi connectivity index (χ0) is 20.7. The van der Waals surface area contributed by atoms with Crippen molar-refractivity contribution in [2.75, 3.05) is 0 Å². The van der Waals surface area contributed by atoms with E-state index in [2.05, 4.69) is 18.2 Å². The van der Waals surface area contributed by atoms with Crippen LogP contribution in [-0.4, -0.2) is 10.2 Å². The van der Waals surface area contributed by atoms with Crippen molar-refractivity contribution >= 4 is 11.8 Å². The summed E-state index contributed by atoms with van der Waals surface area (Å²) in [6, 6.07) is 23.9. The first-order valence-corrected chi connectivity index (χ1v) is 10.8. The van der Waals surface area contributed by atoms with E-state index in [1.54, 1.807) is 11.8 Å². The van der Waals surface area contributed by atoms with E-state index in [9.17, 15) is 10.2 Å². The maximum atomic E-state index is 10.8. The highest BCUT2D eigenvalue weighted by Gasteiger charge is 2.24. The lowest BCUT2D eigenvalue weighted by Crippen LogP contribution is -2.23. The van der Waals surface area contributed by atoms with Crippen LogP contribution in [-0.2, 0) is 18.8 Å². The van der Waals surface area contributed by atoms with Gasteiger partial charge in [-0.05, 0) is 59.9 Å². The second kappa shape index (κ2) is 9.97. The van der Waals surface area contributed by atoms with E-state index in [4.69, 9.17) is 4.74 Å². The van der Waals surface area contributed by atoms with Crippen LogP contribution in [0.15, 0.2) is 82.6 Å². The zero-order valence-corrected chi connectivity index (χ0v) is 17.8. The van der Waals surface area contributed by atoms with Gasteiger partial charge in [-0.1, -0.05) is 68.1 Å². The van der Waals surface area contributed by atoms with Gasteiger partial charge in [0.2, 0.25) is 0 Å². The van der Waals surface area contributed by atoms with Gasteiger partial charge in [0.05, 0.1) is 12.2 Å². The zero-order valence-electron chi connectivity index (χ0n) is 17.0. The maximum Gasteiger partial charge on any atom is 0.120 e. The number of aliphatic hydroxyl groups excluding tert-OH is 1. The van der Waals surface area contributed by atoms with Crippen LogP contribution < -0.4 is 4.74 Å². The first kappa shape index (κ1) is 21.4. The topological polar surface area (TPSA) is 49.7 Å². The highest BCUT2D eigenvalue weighted by molar-refractivity contribution is 7.99. The predicted octanol–water partition coefficient (Wildman–Crippen LogP) is 5.92. The minimum atomic E-state index is -0.773. The van der Waals surface area contributed by atoms with Crippen molar-refractivity contribution in [3.8, 4) is 5.75 Å². The second-order valence-corrected chi connectivity index (χ2v) is 8.26. The van der Waals surface area contributed by atoms with Gasteiger partial charge in [0.15, 0.2) is 0 Å². The minimum Gasteiger partial charge on any atom is -0.489 e. The fourth-order valence-corrected chi connectivity index (χ4v) is 4.18. The smallest absolute Gasteiger partial charge is 0.120 e. The van der Waals surface area contributed by atoms with Crippen molar-refractivity contribution in [2.45, 2.75) is 55.3 Å². The van der Waals surface area contributed by atoms with E-state index in [0.717, 1.165) is 32.2 Å². The Hall–Kier alpha value is -2.27. The molecule has 3 rings (SSSR count). The fourth-order valence-electron chi connectivity index (χ4n) is 3.26. The van der Waals surface area contributed by atoms with E-state index >= 15 is 0 Å². The third-order valence-corrected chi connectivity index (χ3v) is 6.14. The summed E-state index contributed by atoms with van der Waals surface area (Å²) in [5.41, 5.74) is 2.10. The van der Waals surface area contributed by atoms with Gasteiger partial charge in [-0.25, -0.2) is 0 Å². The van der Waals surface area contributed by atoms with E-state index in [0.29, 0.717) is 19.4 Å². The van der Waals surface area contributed by atoms with Crippen LogP contribution in [0.3, 0.4) is 0 Å². The first-order chi connectivity index (χ1) is 14.1. The van der Waals surface area contributed by atoms with Gasteiger partial charge in [-0.15, -0.1) is 0 Å². The molecule has 0 aromatic heterocycles. The normalized spacial score (nSPS) is 11.4. The predicted molar refractivity (Wildman–Crippen MR) is 118 cm³/mol. The molecule has 152 valence electrons. The summed E-state index contributed by atoms with van der Waals surface area (Å²) in [5, 5.41) is 20.1. The summed E-state index contributed by atoms with van der Waals surface area (Å²) >= 11 is 1.66. The van der Waals surface area contributed by atoms with E-state index < -0.39 is 5.60 Å². The molecule has 0 aliphatic rings. The Labute approximate surface area is 177 Å². The average molecular weight is 409 g/mol. The molecule has 0 aliphatic carbocycles. The molecule has 4 heteroatoms. The summed E-state index contributed by atoms with van der Waals surface area (Å²) < 4.78 is 5.95. The molecule has 3 aromatic carbocycles. The molecule has 3 aromatic rings. The van der Waals surface area contributed by atoms with Gasteiger partial charge in [-0.3, -0.25) is 0 Å². The number of ether oxygens (including phenoxy) is 1. The third kappa shape index (κ3) is 5.63. The van der Waals surface area contributed by atoms with Gasteiger partial charge < -0.3 is 14.9 Å². The molecule has 0 heterocycles. The molecular weight excluding hydrogens is 380 g/mol. The second-order valence-electron chi connectivity index (χ2n) is 7.11. The van der Waals surface area contributed by atoms with Crippen LogP contribution in [0.25, 0.3) is 0 Å². The molecule has 29 heavy (non-hydrogen) atoms.